The minimum absolute atomic E-state index is 0. The van der Waals surface area contributed by atoms with Crippen molar-refractivity contribution in [3.8, 4) is 0 Å². The lowest BCUT2D eigenvalue weighted by Gasteiger charge is -2.12. The van der Waals surface area contributed by atoms with E-state index in [1.807, 2.05) is 28.8 Å². The van der Waals surface area contributed by atoms with Crippen molar-refractivity contribution in [1.82, 2.24) is 25.2 Å². The summed E-state index contributed by atoms with van der Waals surface area (Å²) in [7, 11) is 0. The Balaban J connectivity index is 0.00000364. The Kier molecular flexibility index (Phi) is 12.0. The molecule has 0 aliphatic heterocycles. The number of aryl methyl sites for hydroxylation is 1. The average Bonchev–Trinajstić information content (AvgIpc) is 3.04. The average molecular weight is 488 g/mol. The summed E-state index contributed by atoms with van der Waals surface area (Å²) < 4.78 is 7.65. The molecule has 2 N–H and O–H groups in total. The number of rotatable bonds is 11. The quantitative estimate of drug-likeness (QED) is 0.220. The molecule has 0 spiro atoms. The molecule has 0 fully saturated rings. The monoisotopic (exact) mass is 488 g/mol. The van der Waals surface area contributed by atoms with Crippen molar-refractivity contribution in [3.05, 3.63) is 30.2 Å². The molecule has 8 heteroatoms. The van der Waals surface area contributed by atoms with E-state index in [0.29, 0.717) is 12.5 Å². The molecule has 2 heterocycles. The molecule has 27 heavy (non-hydrogen) atoms. The fraction of sp³-hybridized carbons (Fsp3) is 0.632. The maximum atomic E-state index is 5.63. The predicted molar refractivity (Wildman–Crippen MR) is 121 cm³/mol. The van der Waals surface area contributed by atoms with Gasteiger partial charge in [0, 0.05) is 38.9 Å². The fourth-order valence-electron chi connectivity index (χ4n) is 2.49. The normalized spacial score (nSPS) is 11.6. The Morgan fingerprint density at radius 1 is 1.22 bits per heavy atom. The second-order valence-electron chi connectivity index (χ2n) is 6.63. The number of fused-ring (bicyclic) bond motifs is 1. The van der Waals surface area contributed by atoms with E-state index in [-0.39, 0.29) is 24.0 Å². The van der Waals surface area contributed by atoms with Gasteiger partial charge in [-0.2, -0.15) is 0 Å². The van der Waals surface area contributed by atoms with Crippen molar-refractivity contribution >= 4 is 35.6 Å². The van der Waals surface area contributed by atoms with Crippen LogP contribution >= 0.6 is 24.0 Å². The second kappa shape index (κ2) is 13.7. The molecule has 2 aromatic heterocycles. The Bertz CT molecular complexity index is 673. The van der Waals surface area contributed by atoms with E-state index in [1.54, 1.807) is 0 Å². The van der Waals surface area contributed by atoms with Gasteiger partial charge in [-0.3, -0.25) is 9.39 Å². The van der Waals surface area contributed by atoms with Gasteiger partial charge in [-0.25, -0.2) is 0 Å². The van der Waals surface area contributed by atoms with E-state index in [2.05, 4.69) is 46.6 Å². The number of pyridine rings is 1. The van der Waals surface area contributed by atoms with Crippen LogP contribution in [0.4, 0.5) is 0 Å². The molecule has 2 rings (SSSR count). The van der Waals surface area contributed by atoms with Gasteiger partial charge in [-0.15, -0.1) is 34.2 Å². The molecule has 2 aromatic rings. The van der Waals surface area contributed by atoms with Gasteiger partial charge < -0.3 is 15.4 Å². The highest BCUT2D eigenvalue weighted by atomic mass is 127. The van der Waals surface area contributed by atoms with Crippen molar-refractivity contribution in [2.75, 3.05) is 32.8 Å². The molecule has 0 saturated heterocycles. The summed E-state index contributed by atoms with van der Waals surface area (Å²) in [6.45, 7) is 10.3. The van der Waals surface area contributed by atoms with E-state index in [1.165, 1.54) is 0 Å². The maximum Gasteiger partial charge on any atom is 0.191 e. The standard InChI is InChI=1S/C19H32N6O.HI/c1-4-20-19(22-12-15-26-14-10-16(2)3)21-11-7-9-18-24-23-17-8-5-6-13-25(17)18;/h5-6,8,13,16H,4,7,9-12,14-15H2,1-3H3,(H2,20,21,22);1H. The summed E-state index contributed by atoms with van der Waals surface area (Å²) in [4.78, 5) is 4.62. The largest absolute Gasteiger partial charge is 0.380 e. The molecule has 0 aromatic carbocycles. The Morgan fingerprint density at radius 3 is 2.85 bits per heavy atom. The number of hydrogen-bond acceptors (Lipinski definition) is 4. The minimum Gasteiger partial charge on any atom is -0.380 e. The van der Waals surface area contributed by atoms with Crippen LogP contribution in [0.2, 0.25) is 0 Å². The lowest BCUT2D eigenvalue weighted by atomic mass is 10.1. The summed E-state index contributed by atoms with van der Waals surface area (Å²) in [5.41, 5.74) is 0.887. The van der Waals surface area contributed by atoms with Crippen LogP contribution in [0.1, 0.15) is 39.4 Å². The van der Waals surface area contributed by atoms with Gasteiger partial charge in [0.1, 0.15) is 5.82 Å². The summed E-state index contributed by atoms with van der Waals surface area (Å²) in [5.74, 6) is 2.50. The fourth-order valence-corrected chi connectivity index (χ4v) is 2.49. The number of hydrogen-bond donors (Lipinski definition) is 2. The number of ether oxygens (including phenoxy) is 1. The number of aliphatic imine (C=N–C) groups is 1. The molecule has 0 amide bonds. The summed E-state index contributed by atoms with van der Waals surface area (Å²) in [5, 5.41) is 15.0. The minimum atomic E-state index is 0. The van der Waals surface area contributed by atoms with Gasteiger partial charge >= 0.3 is 0 Å². The van der Waals surface area contributed by atoms with Crippen LogP contribution in [0.5, 0.6) is 0 Å². The maximum absolute atomic E-state index is 5.63. The van der Waals surface area contributed by atoms with Crippen LogP contribution in [0.15, 0.2) is 29.4 Å². The molecule has 0 bridgehead atoms. The van der Waals surface area contributed by atoms with Crippen LogP contribution in [-0.2, 0) is 11.2 Å². The number of nitrogens with zero attached hydrogens (tertiary/aromatic N) is 4. The van der Waals surface area contributed by atoms with Crippen molar-refractivity contribution < 1.29 is 4.74 Å². The SMILES string of the molecule is CCNC(=NCCCc1nnc2ccccn12)NCCOCCC(C)C.I. The van der Waals surface area contributed by atoms with Crippen molar-refractivity contribution in [3.63, 3.8) is 0 Å². The van der Waals surface area contributed by atoms with Crippen LogP contribution in [0.25, 0.3) is 5.65 Å². The highest BCUT2D eigenvalue weighted by Crippen LogP contribution is 2.05. The zero-order valence-corrected chi connectivity index (χ0v) is 19.0. The summed E-state index contributed by atoms with van der Waals surface area (Å²) in [6, 6.07) is 5.93. The summed E-state index contributed by atoms with van der Waals surface area (Å²) in [6.07, 6.45) is 4.88. The Labute approximate surface area is 179 Å². The second-order valence-corrected chi connectivity index (χ2v) is 6.63. The third-order valence-electron chi connectivity index (χ3n) is 3.94. The molecule has 0 aliphatic carbocycles. The van der Waals surface area contributed by atoms with Crippen LogP contribution < -0.4 is 10.6 Å². The van der Waals surface area contributed by atoms with Crippen molar-refractivity contribution in [2.24, 2.45) is 10.9 Å². The van der Waals surface area contributed by atoms with E-state index in [4.69, 9.17) is 4.74 Å². The van der Waals surface area contributed by atoms with Crippen molar-refractivity contribution in [2.45, 2.75) is 40.0 Å². The zero-order valence-electron chi connectivity index (χ0n) is 16.6. The molecule has 0 radical (unpaired) electrons. The van der Waals surface area contributed by atoms with Gasteiger partial charge in [-0.1, -0.05) is 19.9 Å². The van der Waals surface area contributed by atoms with Crippen LogP contribution in [0.3, 0.4) is 0 Å². The van der Waals surface area contributed by atoms with Crippen LogP contribution in [-0.4, -0.2) is 53.4 Å². The zero-order chi connectivity index (χ0) is 18.6. The highest BCUT2D eigenvalue weighted by Gasteiger charge is 2.04. The molecule has 0 unspecified atom stereocenters. The first-order chi connectivity index (χ1) is 12.7. The van der Waals surface area contributed by atoms with Gasteiger partial charge in [0.2, 0.25) is 0 Å². The smallest absolute Gasteiger partial charge is 0.191 e. The molecule has 0 aliphatic rings. The molecular weight excluding hydrogens is 455 g/mol. The molecule has 152 valence electrons. The first kappa shape index (κ1) is 23.6. The lowest BCUT2D eigenvalue weighted by Crippen LogP contribution is -2.39. The molecule has 0 atom stereocenters. The van der Waals surface area contributed by atoms with E-state index < -0.39 is 0 Å². The molecule has 0 saturated carbocycles. The Hall–Kier alpha value is -1.42. The van der Waals surface area contributed by atoms with Gasteiger partial charge in [0.25, 0.3) is 0 Å². The van der Waals surface area contributed by atoms with Crippen LogP contribution in [0, 0.1) is 5.92 Å². The number of halogens is 1. The molecular formula is C19H33IN6O. The first-order valence-electron chi connectivity index (χ1n) is 9.59. The third kappa shape index (κ3) is 8.87. The van der Waals surface area contributed by atoms with E-state index in [9.17, 15) is 0 Å². The van der Waals surface area contributed by atoms with Crippen molar-refractivity contribution in [1.29, 1.82) is 0 Å². The summed E-state index contributed by atoms with van der Waals surface area (Å²) >= 11 is 0. The van der Waals surface area contributed by atoms with Gasteiger partial charge in [0.05, 0.1) is 6.61 Å². The van der Waals surface area contributed by atoms with Gasteiger partial charge in [-0.05, 0) is 37.8 Å². The topological polar surface area (TPSA) is 75.8 Å². The van der Waals surface area contributed by atoms with E-state index >= 15 is 0 Å². The number of guanidine groups is 1. The molecule has 7 nitrogen and oxygen atoms in total. The lowest BCUT2D eigenvalue weighted by molar-refractivity contribution is 0.128. The highest BCUT2D eigenvalue weighted by molar-refractivity contribution is 14.0. The first-order valence-corrected chi connectivity index (χ1v) is 9.59. The van der Waals surface area contributed by atoms with Gasteiger partial charge in [0.15, 0.2) is 11.6 Å². The number of aromatic nitrogens is 3. The predicted octanol–water partition coefficient (Wildman–Crippen LogP) is 2.90. The number of nitrogens with one attached hydrogen (secondary N) is 2. The third-order valence-corrected chi connectivity index (χ3v) is 3.94. The van der Waals surface area contributed by atoms with E-state index in [0.717, 1.165) is 62.9 Å². The Morgan fingerprint density at radius 2 is 2.07 bits per heavy atom.